The third kappa shape index (κ3) is 4.77. The SMILES string of the molecule is Cc1cccc(C)c1OCC(=O)N/N=C\c1cc(O)ccc1[N+](=O)[O-]. The Kier molecular flexibility index (Phi) is 5.67. The van der Waals surface area contributed by atoms with Gasteiger partial charge in [0.1, 0.15) is 11.5 Å². The van der Waals surface area contributed by atoms with E-state index in [0.717, 1.165) is 23.4 Å². The molecule has 2 aromatic carbocycles. The van der Waals surface area contributed by atoms with E-state index in [2.05, 4.69) is 10.5 Å². The molecule has 0 atom stereocenters. The summed E-state index contributed by atoms with van der Waals surface area (Å²) in [6.45, 7) is 3.50. The van der Waals surface area contributed by atoms with Gasteiger partial charge >= 0.3 is 0 Å². The number of hydrogen-bond donors (Lipinski definition) is 2. The lowest BCUT2D eigenvalue weighted by molar-refractivity contribution is -0.385. The number of aryl methyl sites for hydroxylation is 2. The molecule has 0 aliphatic rings. The summed E-state index contributed by atoms with van der Waals surface area (Å²) >= 11 is 0. The van der Waals surface area contributed by atoms with Crippen molar-refractivity contribution in [1.82, 2.24) is 5.43 Å². The van der Waals surface area contributed by atoms with Gasteiger partial charge in [0.25, 0.3) is 11.6 Å². The molecule has 0 spiro atoms. The average Bonchev–Trinajstić information content (AvgIpc) is 2.54. The largest absolute Gasteiger partial charge is 0.508 e. The summed E-state index contributed by atoms with van der Waals surface area (Å²) in [4.78, 5) is 22.1. The number of amides is 1. The Labute approximate surface area is 143 Å². The van der Waals surface area contributed by atoms with Crippen molar-refractivity contribution in [2.24, 2.45) is 5.10 Å². The van der Waals surface area contributed by atoms with Crippen molar-refractivity contribution in [3.05, 3.63) is 63.2 Å². The molecular weight excluding hydrogens is 326 g/mol. The summed E-state index contributed by atoms with van der Waals surface area (Å²) in [7, 11) is 0. The smallest absolute Gasteiger partial charge is 0.278 e. The van der Waals surface area contributed by atoms with Crippen LogP contribution in [-0.2, 0) is 4.79 Å². The van der Waals surface area contributed by atoms with Gasteiger partial charge in [-0.25, -0.2) is 5.43 Å². The number of phenolic OH excluding ortho intramolecular Hbond substituents is 1. The van der Waals surface area contributed by atoms with Crippen LogP contribution in [-0.4, -0.2) is 28.8 Å². The van der Waals surface area contributed by atoms with Crippen LogP contribution < -0.4 is 10.2 Å². The Bertz CT molecular complexity index is 813. The molecule has 2 N–H and O–H groups in total. The van der Waals surface area contributed by atoms with Crippen LogP contribution in [0, 0.1) is 24.0 Å². The van der Waals surface area contributed by atoms with Crippen LogP contribution in [0.5, 0.6) is 11.5 Å². The number of phenols is 1. The van der Waals surface area contributed by atoms with E-state index in [1.54, 1.807) is 0 Å². The zero-order valence-corrected chi connectivity index (χ0v) is 13.7. The fourth-order valence-corrected chi connectivity index (χ4v) is 2.18. The van der Waals surface area contributed by atoms with Gasteiger partial charge in [-0.1, -0.05) is 18.2 Å². The van der Waals surface area contributed by atoms with E-state index in [0.29, 0.717) is 5.75 Å². The molecule has 0 heterocycles. The molecule has 0 aromatic heterocycles. The van der Waals surface area contributed by atoms with E-state index in [9.17, 15) is 20.0 Å². The van der Waals surface area contributed by atoms with Crippen molar-refractivity contribution >= 4 is 17.8 Å². The molecule has 8 heteroatoms. The van der Waals surface area contributed by atoms with Crippen molar-refractivity contribution in [1.29, 1.82) is 0 Å². The second-order valence-corrected chi connectivity index (χ2v) is 5.30. The number of nitrogens with zero attached hydrogens (tertiary/aromatic N) is 2. The minimum absolute atomic E-state index is 0.0703. The Hall–Kier alpha value is -3.42. The highest BCUT2D eigenvalue weighted by atomic mass is 16.6. The second-order valence-electron chi connectivity index (χ2n) is 5.30. The predicted molar refractivity (Wildman–Crippen MR) is 91.9 cm³/mol. The number of ether oxygens (including phenoxy) is 1. The minimum Gasteiger partial charge on any atom is -0.508 e. The maximum Gasteiger partial charge on any atom is 0.278 e. The van der Waals surface area contributed by atoms with E-state index in [4.69, 9.17) is 4.74 Å². The minimum atomic E-state index is -0.604. The highest BCUT2D eigenvalue weighted by Gasteiger charge is 2.12. The Balaban J connectivity index is 1.97. The molecule has 0 unspecified atom stereocenters. The molecule has 0 aliphatic carbocycles. The van der Waals surface area contributed by atoms with Crippen LogP contribution in [0.1, 0.15) is 16.7 Å². The average molecular weight is 343 g/mol. The van der Waals surface area contributed by atoms with E-state index < -0.39 is 10.8 Å². The van der Waals surface area contributed by atoms with Crippen molar-refractivity contribution in [3.8, 4) is 11.5 Å². The standard InChI is InChI=1S/C17H17N3O5/c1-11-4-3-5-12(2)17(11)25-10-16(22)19-18-9-13-8-14(21)6-7-15(13)20(23)24/h3-9,21H,10H2,1-2H3,(H,19,22)/b18-9-. The fourth-order valence-electron chi connectivity index (χ4n) is 2.18. The molecule has 0 radical (unpaired) electrons. The summed E-state index contributed by atoms with van der Waals surface area (Å²) in [5, 5.41) is 24.0. The highest BCUT2D eigenvalue weighted by molar-refractivity contribution is 5.87. The van der Waals surface area contributed by atoms with Crippen LogP contribution in [0.3, 0.4) is 0 Å². The van der Waals surface area contributed by atoms with Gasteiger partial charge < -0.3 is 9.84 Å². The Morgan fingerprint density at radius 1 is 1.32 bits per heavy atom. The molecule has 2 aromatic rings. The number of para-hydroxylation sites is 1. The van der Waals surface area contributed by atoms with Crippen molar-refractivity contribution in [2.45, 2.75) is 13.8 Å². The van der Waals surface area contributed by atoms with Gasteiger partial charge in [-0.05, 0) is 37.1 Å². The number of carbonyl (C=O) groups is 1. The topological polar surface area (TPSA) is 114 Å². The number of nitro benzene ring substituents is 1. The third-order valence-electron chi connectivity index (χ3n) is 3.36. The van der Waals surface area contributed by atoms with Crippen LogP contribution in [0.15, 0.2) is 41.5 Å². The molecule has 2 rings (SSSR count). The summed E-state index contributed by atoms with van der Waals surface area (Å²) in [6.07, 6.45) is 1.09. The zero-order valence-electron chi connectivity index (χ0n) is 13.7. The third-order valence-corrected chi connectivity index (χ3v) is 3.36. The number of carbonyl (C=O) groups excluding carboxylic acids is 1. The zero-order chi connectivity index (χ0) is 18.4. The van der Waals surface area contributed by atoms with Gasteiger partial charge in [-0.3, -0.25) is 14.9 Å². The molecule has 1 amide bonds. The number of rotatable bonds is 6. The number of nitro groups is 1. The van der Waals surface area contributed by atoms with E-state index >= 15 is 0 Å². The Morgan fingerprint density at radius 2 is 2.00 bits per heavy atom. The normalized spacial score (nSPS) is 10.6. The van der Waals surface area contributed by atoms with Gasteiger partial charge in [0, 0.05) is 6.07 Å². The molecule has 8 nitrogen and oxygen atoms in total. The van der Waals surface area contributed by atoms with Crippen molar-refractivity contribution < 1.29 is 19.6 Å². The maximum atomic E-state index is 11.8. The van der Waals surface area contributed by atoms with Crippen LogP contribution in [0.2, 0.25) is 0 Å². The quantitative estimate of drug-likeness (QED) is 0.475. The summed E-state index contributed by atoms with van der Waals surface area (Å²) in [5.41, 5.74) is 3.88. The van der Waals surface area contributed by atoms with E-state index in [1.165, 1.54) is 12.1 Å². The summed E-state index contributed by atoms with van der Waals surface area (Å²) in [5.74, 6) is -0.0244. The number of benzene rings is 2. The van der Waals surface area contributed by atoms with Crippen LogP contribution in [0.4, 0.5) is 5.69 Å². The van der Waals surface area contributed by atoms with Crippen molar-refractivity contribution in [2.75, 3.05) is 6.61 Å². The van der Waals surface area contributed by atoms with E-state index in [-0.39, 0.29) is 23.6 Å². The molecule has 0 fully saturated rings. The van der Waals surface area contributed by atoms with Crippen LogP contribution >= 0.6 is 0 Å². The van der Waals surface area contributed by atoms with Gasteiger partial charge in [0.05, 0.1) is 16.7 Å². The monoisotopic (exact) mass is 343 g/mol. The van der Waals surface area contributed by atoms with Gasteiger partial charge in [-0.2, -0.15) is 5.10 Å². The highest BCUT2D eigenvalue weighted by Crippen LogP contribution is 2.22. The number of aromatic hydroxyl groups is 1. The van der Waals surface area contributed by atoms with E-state index in [1.807, 2.05) is 32.0 Å². The van der Waals surface area contributed by atoms with Crippen LogP contribution in [0.25, 0.3) is 0 Å². The predicted octanol–water partition coefficient (Wildman–Crippen LogP) is 2.45. The first-order chi connectivity index (χ1) is 11.9. The lowest BCUT2D eigenvalue weighted by Crippen LogP contribution is -2.25. The molecular formula is C17H17N3O5. The molecule has 25 heavy (non-hydrogen) atoms. The number of nitrogens with one attached hydrogen (secondary N) is 1. The summed E-state index contributed by atoms with van der Waals surface area (Å²) < 4.78 is 5.48. The summed E-state index contributed by atoms with van der Waals surface area (Å²) in [6, 6.07) is 9.18. The molecule has 0 bridgehead atoms. The lowest BCUT2D eigenvalue weighted by Gasteiger charge is -2.10. The first kappa shape index (κ1) is 17.9. The molecule has 130 valence electrons. The van der Waals surface area contributed by atoms with Gasteiger partial charge in [0.15, 0.2) is 6.61 Å². The number of hydrogen-bond acceptors (Lipinski definition) is 6. The maximum absolute atomic E-state index is 11.8. The molecule has 0 saturated heterocycles. The number of hydrazone groups is 1. The lowest BCUT2D eigenvalue weighted by atomic mass is 10.1. The van der Waals surface area contributed by atoms with Gasteiger partial charge in [-0.15, -0.1) is 0 Å². The first-order valence-corrected chi connectivity index (χ1v) is 7.37. The molecule has 0 saturated carbocycles. The fraction of sp³-hybridized carbons (Fsp3) is 0.176. The molecule has 0 aliphatic heterocycles. The van der Waals surface area contributed by atoms with Crippen molar-refractivity contribution in [3.63, 3.8) is 0 Å². The Morgan fingerprint density at radius 3 is 2.64 bits per heavy atom. The second kappa shape index (κ2) is 7.91. The first-order valence-electron chi connectivity index (χ1n) is 7.37. The van der Waals surface area contributed by atoms with Gasteiger partial charge in [0.2, 0.25) is 0 Å².